The van der Waals surface area contributed by atoms with E-state index in [2.05, 4.69) is 10.0 Å². The van der Waals surface area contributed by atoms with Crippen LogP contribution in [0.2, 0.25) is 0 Å². The second kappa shape index (κ2) is 5.14. The highest BCUT2D eigenvalue weighted by Gasteiger charge is 2.20. The normalized spacial score (nSPS) is 20.3. The molecule has 1 aliphatic rings. The fourth-order valence-electron chi connectivity index (χ4n) is 1.71. The molecule has 1 aliphatic heterocycles. The number of hydrogen-bond acceptors (Lipinski definition) is 5. The predicted molar refractivity (Wildman–Crippen MR) is 65.2 cm³/mol. The van der Waals surface area contributed by atoms with Crippen molar-refractivity contribution in [3.05, 3.63) is 17.0 Å². The largest absolute Gasteiger partial charge is 0.316 e. The third-order valence-corrected chi connectivity index (χ3v) is 5.59. The standard InChI is InChI=1S/C10H13N3O2S2/c11-5-9-1-2-10(16-9)17(14,15)13-7-8-3-4-12-6-8/h1-2,8,12-13H,3-4,6-7H2. The first-order chi connectivity index (χ1) is 8.12. The molecule has 1 aromatic rings. The van der Waals surface area contributed by atoms with E-state index in [1.165, 1.54) is 12.1 Å². The molecule has 0 bridgehead atoms. The summed E-state index contributed by atoms with van der Waals surface area (Å²) in [6, 6.07) is 4.93. The number of nitriles is 1. The van der Waals surface area contributed by atoms with Crippen molar-refractivity contribution < 1.29 is 8.42 Å². The molecule has 7 heteroatoms. The lowest BCUT2D eigenvalue weighted by Crippen LogP contribution is -2.29. The first kappa shape index (κ1) is 12.5. The molecule has 17 heavy (non-hydrogen) atoms. The van der Waals surface area contributed by atoms with E-state index in [4.69, 9.17) is 5.26 Å². The zero-order valence-corrected chi connectivity index (χ0v) is 10.8. The lowest BCUT2D eigenvalue weighted by atomic mass is 10.1. The number of rotatable bonds is 4. The lowest BCUT2D eigenvalue weighted by molar-refractivity contribution is 0.540. The summed E-state index contributed by atoms with van der Waals surface area (Å²) < 4.78 is 26.6. The Kier molecular flexibility index (Phi) is 3.79. The lowest BCUT2D eigenvalue weighted by Gasteiger charge is -2.09. The Morgan fingerprint density at radius 2 is 2.41 bits per heavy atom. The van der Waals surface area contributed by atoms with Crippen molar-refractivity contribution >= 4 is 21.4 Å². The van der Waals surface area contributed by atoms with E-state index in [1.807, 2.05) is 6.07 Å². The van der Waals surface area contributed by atoms with Crippen molar-refractivity contribution in [3.63, 3.8) is 0 Å². The summed E-state index contributed by atoms with van der Waals surface area (Å²) in [5, 5.41) is 11.8. The van der Waals surface area contributed by atoms with Gasteiger partial charge in [-0.15, -0.1) is 11.3 Å². The van der Waals surface area contributed by atoms with Crippen molar-refractivity contribution in [2.45, 2.75) is 10.6 Å². The quantitative estimate of drug-likeness (QED) is 0.836. The monoisotopic (exact) mass is 271 g/mol. The average Bonchev–Trinajstić information content (AvgIpc) is 2.98. The van der Waals surface area contributed by atoms with Crippen molar-refractivity contribution in [3.8, 4) is 6.07 Å². The van der Waals surface area contributed by atoms with Gasteiger partial charge in [0.2, 0.25) is 10.0 Å². The number of thiophene rings is 1. The molecular formula is C10H13N3O2S2. The molecule has 1 aromatic heterocycles. The van der Waals surface area contributed by atoms with Gasteiger partial charge in [0.25, 0.3) is 0 Å². The Morgan fingerprint density at radius 1 is 1.59 bits per heavy atom. The molecule has 1 fully saturated rings. The number of nitrogens with one attached hydrogen (secondary N) is 2. The van der Waals surface area contributed by atoms with Crippen LogP contribution in [-0.4, -0.2) is 28.1 Å². The number of nitrogens with zero attached hydrogens (tertiary/aromatic N) is 1. The van der Waals surface area contributed by atoms with Crippen LogP contribution in [0.5, 0.6) is 0 Å². The fourth-order valence-corrected chi connectivity index (χ4v) is 3.98. The summed E-state index contributed by atoms with van der Waals surface area (Å²) in [7, 11) is -3.45. The van der Waals surface area contributed by atoms with Gasteiger partial charge in [-0.2, -0.15) is 5.26 Å². The minimum atomic E-state index is -3.45. The maximum Gasteiger partial charge on any atom is 0.250 e. The van der Waals surface area contributed by atoms with Crippen molar-refractivity contribution in [2.24, 2.45) is 5.92 Å². The Hall–Kier alpha value is -0.940. The van der Waals surface area contributed by atoms with E-state index >= 15 is 0 Å². The van der Waals surface area contributed by atoms with Gasteiger partial charge in [0.05, 0.1) is 0 Å². The molecule has 1 saturated heterocycles. The topological polar surface area (TPSA) is 82.0 Å². The van der Waals surface area contributed by atoms with Crippen LogP contribution < -0.4 is 10.0 Å². The van der Waals surface area contributed by atoms with Gasteiger partial charge in [0.15, 0.2) is 0 Å². The van der Waals surface area contributed by atoms with Gasteiger partial charge in [-0.3, -0.25) is 0 Å². The molecule has 2 rings (SSSR count). The molecule has 2 N–H and O–H groups in total. The van der Waals surface area contributed by atoms with E-state index in [0.717, 1.165) is 30.8 Å². The Labute approximate surface area is 105 Å². The van der Waals surface area contributed by atoms with E-state index in [9.17, 15) is 8.42 Å². The van der Waals surface area contributed by atoms with Crippen LogP contribution in [0.1, 0.15) is 11.3 Å². The van der Waals surface area contributed by atoms with Crippen LogP contribution >= 0.6 is 11.3 Å². The maximum atomic E-state index is 11.9. The number of hydrogen-bond donors (Lipinski definition) is 2. The molecule has 0 aromatic carbocycles. The molecule has 1 unspecified atom stereocenters. The van der Waals surface area contributed by atoms with Gasteiger partial charge in [0, 0.05) is 6.54 Å². The summed E-state index contributed by atoms with van der Waals surface area (Å²) in [6.45, 7) is 2.26. The van der Waals surface area contributed by atoms with Gasteiger partial charge in [-0.05, 0) is 37.6 Å². The average molecular weight is 271 g/mol. The van der Waals surface area contributed by atoms with Crippen molar-refractivity contribution in [2.75, 3.05) is 19.6 Å². The summed E-state index contributed by atoms with van der Waals surface area (Å²) in [4.78, 5) is 0.410. The fraction of sp³-hybridized carbons (Fsp3) is 0.500. The van der Waals surface area contributed by atoms with Gasteiger partial charge in [-0.1, -0.05) is 0 Å². The molecule has 0 radical (unpaired) electrons. The molecule has 0 saturated carbocycles. The Bertz CT molecular complexity index is 524. The van der Waals surface area contributed by atoms with Gasteiger partial charge in [0.1, 0.15) is 15.2 Å². The predicted octanol–water partition coefficient (Wildman–Crippen LogP) is 0.508. The summed E-state index contributed by atoms with van der Waals surface area (Å²) in [5.41, 5.74) is 0. The van der Waals surface area contributed by atoms with E-state index < -0.39 is 10.0 Å². The van der Waals surface area contributed by atoms with E-state index in [1.54, 1.807) is 0 Å². The first-order valence-electron chi connectivity index (χ1n) is 5.32. The second-order valence-corrected chi connectivity index (χ2v) is 7.02. The summed E-state index contributed by atoms with van der Waals surface area (Å²) in [5.74, 6) is 0.361. The molecule has 0 aliphatic carbocycles. The highest BCUT2D eigenvalue weighted by Crippen LogP contribution is 2.20. The van der Waals surface area contributed by atoms with Crippen LogP contribution in [0.15, 0.2) is 16.3 Å². The van der Waals surface area contributed by atoms with E-state index in [-0.39, 0.29) is 4.21 Å². The zero-order chi connectivity index (χ0) is 12.3. The van der Waals surface area contributed by atoms with Crippen LogP contribution in [-0.2, 0) is 10.0 Å². The highest BCUT2D eigenvalue weighted by molar-refractivity contribution is 7.91. The van der Waals surface area contributed by atoms with Crippen LogP contribution in [0, 0.1) is 17.2 Å². The SMILES string of the molecule is N#Cc1ccc(S(=O)(=O)NCC2CCNC2)s1. The van der Waals surface area contributed by atoms with Gasteiger partial charge < -0.3 is 5.32 Å². The van der Waals surface area contributed by atoms with E-state index in [0.29, 0.717) is 17.3 Å². The van der Waals surface area contributed by atoms with Crippen molar-refractivity contribution in [1.29, 1.82) is 5.26 Å². The smallest absolute Gasteiger partial charge is 0.250 e. The minimum absolute atomic E-state index is 0.208. The molecule has 5 nitrogen and oxygen atoms in total. The zero-order valence-electron chi connectivity index (χ0n) is 9.14. The molecule has 2 heterocycles. The van der Waals surface area contributed by atoms with Crippen molar-refractivity contribution in [1.82, 2.24) is 10.0 Å². The maximum absolute atomic E-state index is 11.9. The second-order valence-electron chi connectivity index (χ2n) is 3.94. The van der Waals surface area contributed by atoms with Crippen LogP contribution in [0.25, 0.3) is 0 Å². The summed E-state index contributed by atoms with van der Waals surface area (Å²) >= 11 is 0.995. The molecule has 92 valence electrons. The molecule has 1 atom stereocenters. The molecular weight excluding hydrogens is 258 g/mol. The first-order valence-corrected chi connectivity index (χ1v) is 7.62. The third kappa shape index (κ3) is 3.04. The highest BCUT2D eigenvalue weighted by atomic mass is 32.2. The van der Waals surface area contributed by atoms with Crippen LogP contribution in [0.3, 0.4) is 0 Å². The molecule has 0 amide bonds. The summed E-state index contributed by atoms with van der Waals surface area (Å²) in [6.07, 6.45) is 0.996. The number of sulfonamides is 1. The third-order valence-electron chi connectivity index (χ3n) is 2.68. The minimum Gasteiger partial charge on any atom is -0.316 e. The molecule has 0 spiro atoms. The Balaban J connectivity index is 2.00. The van der Waals surface area contributed by atoms with Crippen LogP contribution in [0.4, 0.5) is 0 Å². The van der Waals surface area contributed by atoms with Gasteiger partial charge in [-0.25, -0.2) is 13.1 Å². The Morgan fingerprint density at radius 3 is 3.00 bits per heavy atom. The van der Waals surface area contributed by atoms with Gasteiger partial charge >= 0.3 is 0 Å².